The highest BCUT2D eigenvalue weighted by Gasteiger charge is 2.15. The average molecular weight is 269 g/mol. The monoisotopic (exact) mass is 269 g/mol. The van der Waals surface area contributed by atoms with Crippen LogP contribution in [0.15, 0.2) is 42.5 Å². The fraction of sp³-hybridized carbons (Fsp3) is 0.294. The second-order valence-corrected chi connectivity index (χ2v) is 5.00. The molecule has 3 heteroatoms. The Morgan fingerprint density at radius 3 is 2.50 bits per heavy atom. The molecule has 104 valence electrons. The zero-order chi connectivity index (χ0) is 13.9. The van der Waals surface area contributed by atoms with Gasteiger partial charge in [0.1, 0.15) is 5.75 Å². The maximum Gasteiger partial charge on any atom is 0.119 e. The first-order chi connectivity index (χ1) is 9.78. The Balaban J connectivity index is 1.82. The molecule has 0 saturated heterocycles. The molecule has 0 saturated carbocycles. The first-order valence-corrected chi connectivity index (χ1v) is 6.95. The second-order valence-electron chi connectivity index (χ2n) is 5.00. The van der Waals surface area contributed by atoms with E-state index in [4.69, 9.17) is 15.2 Å². The van der Waals surface area contributed by atoms with Crippen molar-refractivity contribution in [3.05, 3.63) is 64.7 Å². The lowest BCUT2D eigenvalue weighted by Crippen LogP contribution is -2.12. The van der Waals surface area contributed by atoms with E-state index < -0.39 is 0 Å². The molecule has 0 aromatic heterocycles. The molecule has 1 atom stereocenters. The van der Waals surface area contributed by atoms with Gasteiger partial charge < -0.3 is 15.2 Å². The van der Waals surface area contributed by atoms with Gasteiger partial charge in [0.15, 0.2) is 0 Å². The molecule has 0 amide bonds. The van der Waals surface area contributed by atoms with Crippen LogP contribution in [0.5, 0.6) is 5.75 Å². The van der Waals surface area contributed by atoms with Crippen LogP contribution in [0.3, 0.4) is 0 Å². The van der Waals surface area contributed by atoms with E-state index in [0.717, 1.165) is 16.9 Å². The third-order valence-corrected chi connectivity index (χ3v) is 3.65. The van der Waals surface area contributed by atoms with Crippen LogP contribution < -0.4 is 10.5 Å². The highest BCUT2D eigenvalue weighted by atomic mass is 16.5. The highest BCUT2D eigenvalue weighted by molar-refractivity contribution is 5.39. The lowest BCUT2D eigenvalue weighted by Gasteiger charge is -2.14. The maximum atomic E-state index is 6.35. The van der Waals surface area contributed by atoms with Gasteiger partial charge in [-0.1, -0.05) is 30.3 Å². The van der Waals surface area contributed by atoms with E-state index in [0.29, 0.717) is 19.8 Å². The van der Waals surface area contributed by atoms with Crippen LogP contribution in [-0.4, -0.2) is 6.61 Å². The Labute approximate surface area is 119 Å². The van der Waals surface area contributed by atoms with Crippen LogP contribution in [0.25, 0.3) is 0 Å². The molecular formula is C17H19NO2. The Hall–Kier alpha value is -1.84. The summed E-state index contributed by atoms with van der Waals surface area (Å²) in [6, 6.07) is 14.2. The molecule has 0 radical (unpaired) electrons. The predicted molar refractivity (Wildman–Crippen MR) is 78.6 cm³/mol. The number of ether oxygens (including phenoxy) is 2. The molecule has 2 aromatic rings. The van der Waals surface area contributed by atoms with Crippen LogP contribution in [0.1, 0.15) is 35.2 Å². The lowest BCUT2D eigenvalue weighted by molar-refractivity contribution is 0.134. The van der Waals surface area contributed by atoms with Crippen molar-refractivity contribution in [2.45, 2.75) is 26.2 Å². The van der Waals surface area contributed by atoms with Crippen molar-refractivity contribution >= 4 is 0 Å². The molecule has 3 nitrogen and oxygen atoms in total. The second kappa shape index (κ2) is 5.65. The molecule has 1 aliphatic rings. The molecule has 1 aliphatic heterocycles. The fourth-order valence-electron chi connectivity index (χ4n) is 2.52. The molecule has 1 heterocycles. The van der Waals surface area contributed by atoms with Crippen molar-refractivity contribution in [3.63, 3.8) is 0 Å². The van der Waals surface area contributed by atoms with Gasteiger partial charge in [0.25, 0.3) is 0 Å². The molecule has 0 fully saturated rings. The zero-order valence-electron chi connectivity index (χ0n) is 11.6. The summed E-state index contributed by atoms with van der Waals surface area (Å²) in [6.07, 6.45) is 0. The third kappa shape index (κ3) is 2.55. The van der Waals surface area contributed by atoms with E-state index in [-0.39, 0.29) is 6.04 Å². The van der Waals surface area contributed by atoms with Crippen molar-refractivity contribution in [2.24, 2.45) is 5.73 Å². The molecule has 0 spiro atoms. The van der Waals surface area contributed by atoms with Crippen molar-refractivity contribution in [2.75, 3.05) is 6.61 Å². The minimum Gasteiger partial charge on any atom is -0.494 e. The first-order valence-electron chi connectivity index (χ1n) is 6.95. The van der Waals surface area contributed by atoms with Crippen molar-refractivity contribution < 1.29 is 9.47 Å². The summed E-state index contributed by atoms with van der Waals surface area (Å²) >= 11 is 0. The number of rotatable bonds is 4. The summed E-state index contributed by atoms with van der Waals surface area (Å²) in [4.78, 5) is 0. The van der Waals surface area contributed by atoms with Crippen molar-refractivity contribution in [1.82, 2.24) is 0 Å². The van der Waals surface area contributed by atoms with Gasteiger partial charge in [0.05, 0.1) is 25.9 Å². The molecule has 0 aliphatic carbocycles. The fourth-order valence-corrected chi connectivity index (χ4v) is 2.52. The van der Waals surface area contributed by atoms with Crippen LogP contribution in [0.4, 0.5) is 0 Å². The summed E-state index contributed by atoms with van der Waals surface area (Å²) in [5, 5.41) is 0. The molecule has 1 unspecified atom stereocenters. The van der Waals surface area contributed by atoms with Gasteiger partial charge in [-0.2, -0.15) is 0 Å². The van der Waals surface area contributed by atoms with Crippen LogP contribution in [0.2, 0.25) is 0 Å². The molecule has 2 aromatic carbocycles. The quantitative estimate of drug-likeness (QED) is 0.927. The van der Waals surface area contributed by atoms with E-state index in [9.17, 15) is 0 Å². The van der Waals surface area contributed by atoms with E-state index in [1.54, 1.807) is 0 Å². The highest BCUT2D eigenvalue weighted by Crippen LogP contribution is 2.27. The molecule has 0 bridgehead atoms. The summed E-state index contributed by atoms with van der Waals surface area (Å²) in [6.45, 7) is 4.07. The molecular weight excluding hydrogens is 250 g/mol. The number of nitrogens with two attached hydrogens (primary N) is 1. The zero-order valence-corrected chi connectivity index (χ0v) is 11.6. The largest absolute Gasteiger partial charge is 0.494 e. The first kappa shape index (κ1) is 13.2. The minimum atomic E-state index is -0.114. The third-order valence-electron chi connectivity index (χ3n) is 3.65. The minimum absolute atomic E-state index is 0.114. The summed E-state index contributed by atoms with van der Waals surface area (Å²) < 4.78 is 10.9. The van der Waals surface area contributed by atoms with Gasteiger partial charge in [0, 0.05) is 0 Å². The van der Waals surface area contributed by atoms with Crippen LogP contribution in [-0.2, 0) is 18.0 Å². The maximum absolute atomic E-state index is 6.35. The smallest absolute Gasteiger partial charge is 0.119 e. The number of benzene rings is 2. The van der Waals surface area contributed by atoms with Gasteiger partial charge in [-0.3, -0.25) is 0 Å². The van der Waals surface area contributed by atoms with Gasteiger partial charge >= 0.3 is 0 Å². The number of fused-ring (bicyclic) bond motifs is 1. The topological polar surface area (TPSA) is 44.5 Å². The van der Waals surface area contributed by atoms with Gasteiger partial charge in [-0.15, -0.1) is 0 Å². The number of hydrogen-bond donors (Lipinski definition) is 1. The van der Waals surface area contributed by atoms with E-state index >= 15 is 0 Å². The lowest BCUT2D eigenvalue weighted by atomic mass is 9.96. The molecule has 2 N–H and O–H groups in total. The SMILES string of the molecule is CCOc1ccc(C(N)c2ccc3c(c2)COC3)cc1. The number of hydrogen-bond acceptors (Lipinski definition) is 3. The van der Waals surface area contributed by atoms with Gasteiger partial charge in [-0.25, -0.2) is 0 Å². The summed E-state index contributed by atoms with van der Waals surface area (Å²) in [5.41, 5.74) is 11.1. The average Bonchev–Trinajstić information content (AvgIpc) is 2.95. The predicted octanol–water partition coefficient (Wildman–Crippen LogP) is 3.16. The Bertz CT molecular complexity index is 592. The molecule has 20 heavy (non-hydrogen) atoms. The van der Waals surface area contributed by atoms with Crippen LogP contribution >= 0.6 is 0 Å². The van der Waals surface area contributed by atoms with Gasteiger partial charge in [-0.05, 0) is 41.3 Å². The van der Waals surface area contributed by atoms with Crippen molar-refractivity contribution in [3.8, 4) is 5.75 Å². The van der Waals surface area contributed by atoms with Crippen molar-refractivity contribution in [1.29, 1.82) is 0 Å². The Kier molecular flexibility index (Phi) is 3.72. The normalized spacial score (nSPS) is 14.9. The van der Waals surface area contributed by atoms with E-state index in [1.807, 2.05) is 31.2 Å². The standard InChI is InChI=1S/C17H19NO2/c1-2-20-16-7-5-12(6-8-16)17(18)13-3-4-14-10-19-11-15(14)9-13/h3-9,17H,2,10-11,18H2,1H3. The Morgan fingerprint density at radius 2 is 1.75 bits per heavy atom. The van der Waals surface area contributed by atoms with E-state index in [2.05, 4.69) is 18.2 Å². The summed E-state index contributed by atoms with van der Waals surface area (Å²) in [7, 11) is 0. The Morgan fingerprint density at radius 1 is 1.05 bits per heavy atom. The summed E-state index contributed by atoms with van der Waals surface area (Å²) in [5.74, 6) is 0.880. The molecule has 3 rings (SSSR count). The van der Waals surface area contributed by atoms with Crippen LogP contribution in [0, 0.1) is 0 Å². The van der Waals surface area contributed by atoms with Gasteiger partial charge in [0.2, 0.25) is 0 Å². The van der Waals surface area contributed by atoms with E-state index in [1.165, 1.54) is 11.1 Å².